The SMILES string of the molecule is CSc1ccc(C(=O)CCC(=O)OCC(=O)N2CCNC2=O)cc1. The van der Waals surface area contributed by atoms with Gasteiger partial charge in [-0.3, -0.25) is 19.3 Å². The van der Waals surface area contributed by atoms with Crippen LogP contribution < -0.4 is 5.32 Å². The van der Waals surface area contributed by atoms with Gasteiger partial charge in [0.15, 0.2) is 12.4 Å². The monoisotopic (exact) mass is 350 g/mol. The van der Waals surface area contributed by atoms with E-state index in [0.717, 1.165) is 9.80 Å². The Balaban J connectivity index is 1.73. The Morgan fingerprint density at radius 2 is 1.92 bits per heavy atom. The second-order valence-corrected chi connectivity index (χ2v) is 5.97. The number of ketones is 1. The number of hydrogen-bond donors (Lipinski definition) is 1. The summed E-state index contributed by atoms with van der Waals surface area (Å²) in [6.45, 7) is 0.158. The van der Waals surface area contributed by atoms with Crippen molar-refractivity contribution in [1.29, 1.82) is 0 Å². The van der Waals surface area contributed by atoms with Crippen LogP contribution in [0.15, 0.2) is 29.2 Å². The molecule has 3 amide bonds. The van der Waals surface area contributed by atoms with E-state index in [1.165, 1.54) is 0 Å². The molecule has 1 aliphatic heterocycles. The van der Waals surface area contributed by atoms with Crippen molar-refractivity contribution in [2.75, 3.05) is 26.0 Å². The summed E-state index contributed by atoms with van der Waals surface area (Å²) in [7, 11) is 0. The molecule has 1 saturated heterocycles. The number of ether oxygens (including phenoxy) is 1. The van der Waals surface area contributed by atoms with Crippen molar-refractivity contribution in [3.05, 3.63) is 29.8 Å². The normalized spacial score (nSPS) is 13.5. The third-order valence-corrected chi connectivity index (χ3v) is 4.23. The van der Waals surface area contributed by atoms with E-state index >= 15 is 0 Å². The second-order valence-electron chi connectivity index (χ2n) is 5.09. The van der Waals surface area contributed by atoms with Crippen molar-refractivity contribution in [3.8, 4) is 0 Å². The number of Topliss-reactive ketones (excluding diaryl/α,β-unsaturated/α-hetero) is 1. The number of benzene rings is 1. The largest absolute Gasteiger partial charge is 0.456 e. The van der Waals surface area contributed by atoms with Crippen molar-refractivity contribution in [2.45, 2.75) is 17.7 Å². The molecule has 128 valence electrons. The van der Waals surface area contributed by atoms with Crippen molar-refractivity contribution >= 4 is 35.5 Å². The minimum Gasteiger partial charge on any atom is -0.456 e. The molecule has 1 aromatic carbocycles. The molecule has 1 aromatic rings. The molecule has 0 aromatic heterocycles. The van der Waals surface area contributed by atoms with E-state index in [1.807, 2.05) is 18.4 Å². The van der Waals surface area contributed by atoms with Crippen molar-refractivity contribution in [2.24, 2.45) is 0 Å². The van der Waals surface area contributed by atoms with Crippen LogP contribution >= 0.6 is 11.8 Å². The maximum atomic E-state index is 12.0. The Morgan fingerprint density at radius 3 is 2.50 bits per heavy atom. The van der Waals surface area contributed by atoms with Crippen LogP contribution in [0, 0.1) is 0 Å². The van der Waals surface area contributed by atoms with Crippen LogP contribution in [0.3, 0.4) is 0 Å². The first-order chi connectivity index (χ1) is 11.5. The number of rotatable bonds is 7. The molecule has 0 saturated carbocycles. The maximum Gasteiger partial charge on any atom is 0.324 e. The fourth-order valence-corrected chi connectivity index (χ4v) is 2.55. The lowest BCUT2D eigenvalue weighted by Crippen LogP contribution is -2.37. The quantitative estimate of drug-likeness (QED) is 0.455. The molecule has 0 atom stereocenters. The van der Waals surface area contributed by atoms with Crippen LogP contribution in [-0.2, 0) is 14.3 Å². The van der Waals surface area contributed by atoms with E-state index < -0.39 is 24.5 Å². The van der Waals surface area contributed by atoms with Crippen LogP contribution in [0.2, 0.25) is 0 Å². The molecule has 0 spiro atoms. The summed E-state index contributed by atoms with van der Waals surface area (Å²) in [4.78, 5) is 48.7. The molecule has 0 radical (unpaired) electrons. The van der Waals surface area contributed by atoms with Crippen molar-refractivity contribution < 1.29 is 23.9 Å². The Hall–Kier alpha value is -2.35. The lowest BCUT2D eigenvalue weighted by atomic mass is 10.1. The number of imide groups is 1. The molecular formula is C16H18N2O5S. The van der Waals surface area contributed by atoms with Crippen molar-refractivity contribution in [1.82, 2.24) is 10.2 Å². The summed E-state index contributed by atoms with van der Waals surface area (Å²) in [5.41, 5.74) is 0.533. The Labute approximate surface area is 143 Å². The second kappa shape index (κ2) is 8.49. The van der Waals surface area contributed by atoms with Gasteiger partial charge in [-0.05, 0) is 18.4 Å². The molecule has 1 fully saturated rings. The molecule has 0 bridgehead atoms. The number of carbonyl (C=O) groups is 4. The van der Waals surface area contributed by atoms with E-state index in [-0.39, 0.29) is 25.2 Å². The average Bonchev–Trinajstić information content (AvgIpc) is 3.03. The standard InChI is InChI=1S/C16H18N2O5S/c1-24-12-4-2-11(3-5-12)13(19)6-7-15(21)23-10-14(20)18-9-8-17-16(18)22/h2-5H,6-10H2,1H3,(H,17,22). The van der Waals surface area contributed by atoms with Gasteiger partial charge in [0.2, 0.25) is 0 Å². The van der Waals surface area contributed by atoms with E-state index in [1.54, 1.807) is 23.9 Å². The molecule has 1 heterocycles. The number of nitrogens with zero attached hydrogens (tertiary/aromatic N) is 1. The van der Waals surface area contributed by atoms with Gasteiger partial charge in [-0.2, -0.15) is 0 Å². The molecular weight excluding hydrogens is 332 g/mol. The highest BCUT2D eigenvalue weighted by Crippen LogP contribution is 2.16. The van der Waals surface area contributed by atoms with Gasteiger partial charge in [-0.1, -0.05) is 12.1 Å². The minimum absolute atomic E-state index is 0.00976. The fraction of sp³-hybridized carbons (Fsp3) is 0.375. The zero-order valence-corrected chi connectivity index (χ0v) is 14.1. The van der Waals surface area contributed by atoms with E-state index in [9.17, 15) is 19.2 Å². The van der Waals surface area contributed by atoms with Gasteiger partial charge < -0.3 is 10.1 Å². The number of thioether (sulfide) groups is 1. The highest BCUT2D eigenvalue weighted by Gasteiger charge is 2.26. The predicted octanol–water partition coefficient (Wildman–Crippen LogP) is 1.47. The van der Waals surface area contributed by atoms with Crippen molar-refractivity contribution in [3.63, 3.8) is 0 Å². The molecule has 2 rings (SSSR count). The summed E-state index contributed by atoms with van der Waals surface area (Å²) in [6.07, 6.45) is 1.85. The third kappa shape index (κ3) is 4.82. The van der Waals surface area contributed by atoms with Gasteiger partial charge >= 0.3 is 12.0 Å². The van der Waals surface area contributed by atoms with Gasteiger partial charge in [0.1, 0.15) is 0 Å². The first-order valence-corrected chi connectivity index (χ1v) is 8.65. The first kappa shape index (κ1) is 18.0. The minimum atomic E-state index is -0.642. The maximum absolute atomic E-state index is 12.0. The smallest absolute Gasteiger partial charge is 0.324 e. The molecule has 24 heavy (non-hydrogen) atoms. The topological polar surface area (TPSA) is 92.8 Å². The summed E-state index contributed by atoms with van der Waals surface area (Å²) in [5, 5.41) is 2.48. The van der Waals surface area contributed by atoms with Crippen LogP contribution in [0.1, 0.15) is 23.2 Å². The molecule has 0 unspecified atom stereocenters. The molecule has 1 N–H and O–H groups in total. The molecule has 1 aliphatic rings. The van der Waals surface area contributed by atoms with Crippen LogP contribution in [0.4, 0.5) is 4.79 Å². The number of hydrogen-bond acceptors (Lipinski definition) is 6. The van der Waals surface area contributed by atoms with E-state index in [4.69, 9.17) is 4.74 Å². The van der Waals surface area contributed by atoms with E-state index in [2.05, 4.69) is 5.32 Å². The Bertz CT molecular complexity index is 644. The number of carbonyl (C=O) groups excluding carboxylic acids is 4. The first-order valence-electron chi connectivity index (χ1n) is 7.42. The Kier molecular flexibility index (Phi) is 6.36. The summed E-state index contributed by atoms with van der Waals surface area (Å²) >= 11 is 1.58. The number of esters is 1. The molecule has 0 aliphatic carbocycles. The molecule has 7 nitrogen and oxygen atoms in total. The highest BCUT2D eigenvalue weighted by molar-refractivity contribution is 7.98. The number of amides is 3. The zero-order valence-electron chi connectivity index (χ0n) is 13.2. The van der Waals surface area contributed by atoms with Gasteiger partial charge in [-0.25, -0.2) is 4.79 Å². The fourth-order valence-electron chi connectivity index (χ4n) is 2.14. The van der Waals surface area contributed by atoms with Gasteiger partial charge in [0.25, 0.3) is 5.91 Å². The van der Waals surface area contributed by atoms with E-state index in [0.29, 0.717) is 12.1 Å². The summed E-state index contributed by atoms with van der Waals surface area (Å²) < 4.78 is 4.82. The average molecular weight is 350 g/mol. The lowest BCUT2D eigenvalue weighted by molar-refractivity contribution is -0.150. The lowest BCUT2D eigenvalue weighted by Gasteiger charge is -2.12. The van der Waals surface area contributed by atoms with Gasteiger partial charge in [0.05, 0.1) is 6.42 Å². The Morgan fingerprint density at radius 1 is 1.21 bits per heavy atom. The van der Waals surface area contributed by atoms with Gasteiger partial charge in [0, 0.05) is 30.0 Å². The zero-order chi connectivity index (χ0) is 17.5. The highest BCUT2D eigenvalue weighted by atomic mass is 32.2. The molecule has 8 heteroatoms. The van der Waals surface area contributed by atoms with Crippen LogP contribution in [-0.4, -0.2) is 54.5 Å². The third-order valence-electron chi connectivity index (χ3n) is 3.48. The van der Waals surface area contributed by atoms with Crippen LogP contribution in [0.25, 0.3) is 0 Å². The van der Waals surface area contributed by atoms with Gasteiger partial charge in [-0.15, -0.1) is 11.8 Å². The summed E-state index contributed by atoms with van der Waals surface area (Å²) in [6, 6.07) is 6.63. The number of urea groups is 1. The summed E-state index contributed by atoms with van der Waals surface area (Å²) in [5.74, 6) is -1.38. The predicted molar refractivity (Wildman–Crippen MR) is 87.9 cm³/mol. The number of nitrogens with one attached hydrogen (secondary N) is 1. The van der Waals surface area contributed by atoms with Crippen LogP contribution in [0.5, 0.6) is 0 Å².